The normalized spacial score (nSPS) is 18.5. The zero-order valence-corrected chi connectivity index (χ0v) is 18.9. The lowest BCUT2D eigenvalue weighted by molar-refractivity contribution is 0.0338. The predicted octanol–water partition coefficient (Wildman–Crippen LogP) is 4.29. The fourth-order valence-corrected chi connectivity index (χ4v) is 4.59. The van der Waals surface area contributed by atoms with Gasteiger partial charge in [0.25, 0.3) is 5.91 Å². The Balaban J connectivity index is 1.50. The van der Waals surface area contributed by atoms with Crippen LogP contribution in [0.5, 0.6) is 5.75 Å². The number of para-hydroxylation sites is 1. The Labute approximate surface area is 194 Å². The summed E-state index contributed by atoms with van der Waals surface area (Å²) in [4.78, 5) is 17.9. The van der Waals surface area contributed by atoms with Gasteiger partial charge in [0.1, 0.15) is 11.9 Å². The lowest BCUT2D eigenvalue weighted by Gasteiger charge is -2.38. The van der Waals surface area contributed by atoms with Crippen molar-refractivity contribution in [2.75, 3.05) is 38.7 Å². The summed E-state index contributed by atoms with van der Waals surface area (Å²) in [5, 5.41) is 3.61. The lowest BCUT2D eigenvalue weighted by Crippen LogP contribution is -2.42. The van der Waals surface area contributed by atoms with Crippen molar-refractivity contribution in [2.24, 2.45) is 0 Å². The van der Waals surface area contributed by atoms with Crippen LogP contribution in [0.2, 0.25) is 0 Å². The smallest absolute Gasteiger partial charge is 0.258 e. The predicted molar refractivity (Wildman–Crippen MR) is 128 cm³/mol. The fourth-order valence-electron chi connectivity index (χ4n) is 4.59. The zero-order chi connectivity index (χ0) is 22.6. The molecule has 1 unspecified atom stereocenters. The number of anilines is 1. The molecule has 1 amide bonds. The van der Waals surface area contributed by atoms with Crippen LogP contribution in [0.3, 0.4) is 0 Å². The largest absolute Gasteiger partial charge is 0.496 e. The Morgan fingerprint density at radius 2 is 1.73 bits per heavy atom. The van der Waals surface area contributed by atoms with Crippen molar-refractivity contribution in [1.82, 2.24) is 9.80 Å². The summed E-state index contributed by atoms with van der Waals surface area (Å²) >= 11 is 0. The van der Waals surface area contributed by atoms with Crippen molar-refractivity contribution in [2.45, 2.75) is 19.3 Å². The molecule has 3 aromatic rings. The van der Waals surface area contributed by atoms with Crippen LogP contribution in [-0.2, 0) is 17.8 Å². The molecular formula is C27H29N3O3. The third-order valence-corrected chi connectivity index (χ3v) is 6.34. The highest BCUT2D eigenvalue weighted by Gasteiger charge is 2.33. The van der Waals surface area contributed by atoms with E-state index in [0.29, 0.717) is 12.1 Å². The van der Waals surface area contributed by atoms with Crippen LogP contribution in [0.4, 0.5) is 5.69 Å². The summed E-state index contributed by atoms with van der Waals surface area (Å²) in [6.07, 6.45) is -0.276. The van der Waals surface area contributed by atoms with E-state index < -0.39 is 0 Å². The van der Waals surface area contributed by atoms with E-state index in [1.807, 2.05) is 53.4 Å². The van der Waals surface area contributed by atoms with E-state index in [-0.39, 0.29) is 12.1 Å². The summed E-state index contributed by atoms with van der Waals surface area (Å²) in [6.45, 7) is 4.62. The Kier molecular flexibility index (Phi) is 6.28. The maximum absolute atomic E-state index is 13.6. The van der Waals surface area contributed by atoms with Crippen LogP contribution in [0.15, 0.2) is 72.8 Å². The molecule has 1 saturated heterocycles. The molecule has 2 aliphatic heterocycles. The minimum Gasteiger partial charge on any atom is -0.496 e. The Hall–Kier alpha value is -3.35. The van der Waals surface area contributed by atoms with Gasteiger partial charge in [-0.3, -0.25) is 9.69 Å². The molecule has 1 N–H and O–H groups in total. The first-order valence-corrected chi connectivity index (χ1v) is 11.4. The number of carbonyl (C=O) groups excluding carboxylic acids is 1. The molecule has 0 bridgehead atoms. The number of methoxy groups -OCH3 is 1. The first kappa shape index (κ1) is 21.5. The molecule has 5 rings (SSSR count). The molecule has 170 valence electrons. The molecule has 6 heteroatoms. The number of carbonyl (C=O) groups is 1. The molecule has 0 saturated carbocycles. The van der Waals surface area contributed by atoms with Gasteiger partial charge in [0.15, 0.2) is 0 Å². The number of hydrogen-bond donors (Lipinski definition) is 1. The highest BCUT2D eigenvalue weighted by Crippen LogP contribution is 2.36. The molecule has 0 aromatic heterocycles. The molecule has 0 spiro atoms. The molecule has 3 aromatic carbocycles. The van der Waals surface area contributed by atoms with Gasteiger partial charge in [-0.1, -0.05) is 48.5 Å². The highest BCUT2D eigenvalue weighted by atomic mass is 16.5. The third-order valence-electron chi connectivity index (χ3n) is 6.34. The van der Waals surface area contributed by atoms with Gasteiger partial charge in [0.05, 0.1) is 25.9 Å². The summed E-state index contributed by atoms with van der Waals surface area (Å²) in [5.74, 6) is 0.895. The second-order valence-corrected chi connectivity index (χ2v) is 8.47. The fraction of sp³-hybridized carbons (Fsp3) is 0.296. The van der Waals surface area contributed by atoms with Crippen LogP contribution >= 0.6 is 0 Å². The van der Waals surface area contributed by atoms with Crippen LogP contribution in [0.1, 0.15) is 33.2 Å². The van der Waals surface area contributed by atoms with E-state index in [0.717, 1.165) is 61.0 Å². The number of amides is 1. The number of nitrogens with zero attached hydrogens (tertiary/aromatic N) is 2. The van der Waals surface area contributed by atoms with Gasteiger partial charge in [0.2, 0.25) is 0 Å². The molecule has 33 heavy (non-hydrogen) atoms. The summed E-state index contributed by atoms with van der Waals surface area (Å²) in [7, 11) is 1.71. The van der Waals surface area contributed by atoms with Gasteiger partial charge < -0.3 is 19.7 Å². The average Bonchev–Trinajstić information content (AvgIpc) is 2.87. The van der Waals surface area contributed by atoms with Crippen molar-refractivity contribution < 1.29 is 14.3 Å². The maximum Gasteiger partial charge on any atom is 0.258 e. The molecule has 2 aliphatic rings. The standard InChI is InChI=1S/C27H29N3O3/c1-32-25-12-11-21(17-22(25)19-29-13-15-33-16-14-29)26-28-24-10-6-5-9-23(24)27(31)30(26)18-20-7-3-2-4-8-20/h2-12,17,26,28H,13-16,18-19H2,1H3. The minimum atomic E-state index is -0.276. The second-order valence-electron chi connectivity index (χ2n) is 8.47. The quantitative estimate of drug-likeness (QED) is 0.616. The molecule has 1 atom stereocenters. The van der Waals surface area contributed by atoms with Crippen molar-refractivity contribution in [1.29, 1.82) is 0 Å². The topological polar surface area (TPSA) is 54.0 Å². The molecule has 1 fully saturated rings. The van der Waals surface area contributed by atoms with Gasteiger partial charge >= 0.3 is 0 Å². The van der Waals surface area contributed by atoms with E-state index >= 15 is 0 Å². The van der Waals surface area contributed by atoms with E-state index in [4.69, 9.17) is 9.47 Å². The van der Waals surface area contributed by atoms with Gasteiger partial charge in [-0.05, 0) is 35.4 Å². The van der Waals surface area contributed by atoms with E-state index in [2.05, 4.69) is 34.5 Å². The first-order valence-electron chi connectivity index (χ1n) is 11.4. The monoisotopic (exact) mass is 443 g/mol. The Morgan fingerprint density at radius 1 is 0.970 bits per heavy atom. The van der Waals surface area contributed by atoms with Crippen molar-refractivity contribution in [3.63, 3.8) is 0 Å². The van der Waals surface area contributed by atoms with E-state index in [1.54, 1.807) is 7.11 Å². The Bertz CT molecular complexity index is 1110. The SMILES string of the molecule is COc1ccc(C2Nc3ccccc3C(=O)N2Cc2ccccc2)cc1CN1CCOCC1. The second kappa shape index (κ2) is 9.65. The number of fused-ring (bicyclic) bond motifs is 1. The first-order chi connectivity index (χ1) is 16.2. The molecule has 0 aliphatic carbocycles. The Morgan fingerprint density at radius 3 is 2.52 bits per heavy atom. The third kappa shape index (κ3) is 4.58. The number of nitrogens with one attached hydrogen (secondary N) is 1. The van der Waals surface area contributed by atoms with Crippen LogP contribution in [-0.4, -0.2) is 49.1 Å². The number of morpholine rings is 1. The molecular weight excluding hydrogens is 414 g/mol. The maximum atomic E-state index is 13.6. The molecule has 2 heterocycles. The minimum absolute atomic E-state index is 0.0313. The number of hydrogen-bond acceptors (Lipinski definition) is 5. The molecule has 6 nitrogen and oxygen atoms in total. The summed E-state index contributed by atoms with van der Waals surface area (Å²) in [6, 6.07) is 24.1. The summed E-state index contributed by atoms with van der Waals surface area (Å²) < 4.78 is 11.2. The van der Waals surface area contributed by atoms with Crippen molar-refractivity contribution in [3.05, 3.63) is 95.1 Å². The average molecular weight is 444 g/mol. The van der Waals surface area contributed by atoms with Crippen molar-refractivity contribution >= 4 is 11.6 Å². The number of ether oxygens (including phenoxy) is 2. The number of rotatable bonds is 6. The highest BCUT2D eigenvalue weighted by molar-refractivity contribution is 6.01. The van der Waals surface area contributed by atoms with Gasteiger partial charge in [-0.25, -0.2) is 0 Å². The van der Waals surface area contributed by atoms with E-state index in [9.17, 15) is 4.79 Å². The lowest BCUT2D eigenvalue weighted by atomic mass is 10.0. The number of benzene rings is 3. The van der Waals surface area contributed by atoms with Gasteiger partial charge in [-0.15, -0.1) is 0 Å². The van der Waals surface area contributed by atoms with Crippen LogP contribution < -0.4 is 10.1 Å². The van der Waals surface area contributed by atoms with E-state index in [1.165, 1.54) is 0 Å². The molecule has 0 radical (unpaired) electrons. The summed E-state index contributed by atoms with van der Waals surface area (Å²) in [5.41, 5.74) is 4.82. The van der Waals surface area contributed by atoms with Crippen LogP contribution in [0.25, 0.3) is 0 Å². The van der Waals surface area contributed by atoms with Crippen molar-refractivity contribution in [3.8, 4) is 5.75 Å². The zero-order valence-electron chi connectivity index (χ0n) is 18.9. The van der Waals surface area contributed by atoms with Gasteiger partial charge in [0, 0.05) is 37.4 Å². The van der Waals surface area contributed by atoms with Gasteiger partial charge in [-0.2, -0.15) is 0 Å². The van der Waals surface area contributed by atoms with Crippen LogP contribution in [0, 0.1) is 0 Å².